The van der Waals surface area contributed by atoms with Crippen LogP contribution in [0.5, 0.6) is 0 Å². The molecule has 6 nitrogen and oxygen atoms in total. The lowest BCUT2D eigenvalue weighted by Crippen LogP contribution is -2.54. The lowest BCUT2D eigenvalue weighted by molar-refractivity contribution is -0.377. The number of anilines is 2. The maximum Gasteiger partial charge on any atom is 0.147 e. The maximum absolute atomic E-state index is 6.19. The average molecular weight is 352 g/mol. The van der Waals surface area contributed by atoms with E-state index in [4.69, 9.17) is 22.3 Å². The summed E-state index contributed by atoms with van der Waals surface area (Å²) in [5, 5.41) is 1.29. The Labute approximate surface area is 144 Å². The number of halogens is 1. The predicted octanol–water partition coefficient (Wildman–Crippen LogP) is 1.64. The van der Waals surface area contributed by atoms with E-state index in [-0.39, 0.29) is 0 Å². The van der Waals surface area contributed by atoms with Crippen molar-refractivity contribution in [3.63, 3.8) is 0 Å². The Kier molecular flexibility index (Phi) is 4.89. The number of aromatic nitrogens is 3. The minimum Gasteiger partial charge on any atom is -0.382 e. The third-order valence-corrected chi connectivity index (χ3v) is 5.66. The molecule has 5 N–H and O–H groups in total. The first-order valence-electron chi connectivity index (χ1n) is 7.54. The zero-order valence-electron chi connectivity index (χ0n) is 13.0. The fourth-order valence-corrected chi connectivity index (χ4v) is 3.67. The summed E-state index contributed by atoms with van der Waals surface area (Å²) < 4.78 is 0. The van der Waals surface area contributed by atoms with Gasteiger partial charge in [0.05, 0.1) is 23.5 Å². The molecule has 2 aromatic rings. The number of hydrogen-bond acceptors (Lipinski definition) is 6. The number of nitrogen functional groups attached to an aromatic ring is 1. The van der Waals surface area contributed by atoms with Crippen LogP contribution in [-0.4, -0.2) is 34.6 Å². The molecule has 0 radical (unpaired) electrons. The molecule has 1 aliphatic rings. The largest absolute Gasteiger partial charge is 0.382 e. The average Bonchev–Trinajstić information content (AvgIpc) is 3.02. The van der Waals surface area contributed by atoms with E-state index in [0.717, 1.165) is 41.1 Å². The first kappa shape index (κ1) is 16.3. The van der Waals surface area contributed by atoms with Gasteiger partial charge in [0.25, 0.3) is 0 Å². The smallest absolute Gasteiger partial charge is 0.147 e. The molecule has 0 saturated carbocycles. The van der Waals surface area contributed by atoms with E-state index in [1.165, 1.54) is 18.2 Å². The van der Waals surface area contributed by atoms with Crippen LogP contribution in [0.2, 0.25) is 5.02 Å². The molecule has 1 unspecified atom stereocenters. The van der Waals surface area contributed by atoms with Crippen LogP contribution < -0.4 is 16.4 Å². The van der Waals surface area contributed by atoms with Crippen molar-refractivity contribution in [1.29, 1.82) is 0 Å². The van der Waals surface area contributed by atoms with Gasteiger partial charge in [-0.15, -0.1) is 0 Å². The summed E-state index contributed by atoms with van der Waals surface area (Å²) in [6.45, 7) is 4.97. The molecule has 0 amide bonds. The van der Waals surface area contributed by atoms with E-state index >= 15 is 0 Å². The van der Waals surface area contributed by atoms with Crippen molar-refractivity contribution in [3.05, 3.63) is 29.2 Å². The van der Waals surface area contributed by atoms with Gasteiger partial charge in [-0.2, -0.15) is 0 Å². The third kappa shape index (κ3) is 3.52. The Bertz CT molecular complexity index is 710. The Hall–Kier alpha value is -1.57. The van der Waals surface area contributed by atoms with Gasteiger partial charge in [-0.25, -0.2) is 15.0 Å². The SMILES string of the molecule is Cc1nc(N2CCC(C[NH3+])C2)cnc1Sc1ccnc(N)c1Cl. The summed E-state index contributed by atoms with van der Waals surface area (Å²) in [6, 6.07) is 1.83. The molecule has 0 bridgehead atoms. The molecule has 122 valence electrons. The van der Waals surface area contributed by atoms with E-state index in [9.17, 15) is 0 Å². The standard InChI is InChI=1S/C15H19ClN6S/c1-9-15(23-11-2-4-19-14(18)13(11)16)20-7-12(21-9)22-5-3-10(6-17)8-22/h2,4,7,10H,3,5-6,8,17H2,1H3,(H2,18,19)/p+1. The molecule has 0 aromatic carbocycles. The van der Waals surface area contributed by atoms with Crippen molar-refractivity contribution in [1.82, 2.24) is 15.0 Å². The molecule has 1 aliphatic heterocycles. The van der Waals surface area contributed by atoms with Crippen molar-refractivity contribution in [3.8, 4) is 0 Å². The molecule has 2 aromatic heterocycles. The molecule has 1 fully saturated rings. The van der Waals surface area contributed by atoms with Crippen molar-refractivity contribution in [2.75, 3.05) is 30.3 Å². The topological polar surface area (TPSA) is 95.6 Å². The zero-order valence-corrected chi connectivity index (χ0v) is 14.6. The van der Waals surface area contributed by atoms with Gasteiger partial charge in [0.15, 0.2) is 0 Å². The van der Waals surface area contributed by atoms with Crippen molar-refractivity contribution in [2.45, 2.75) is 23.3 Å². The maximum atomic E-state index is 6.19. The Morgan fingerprint density at radius 1 is 1.48 bits per heavy atom. The second kappa shape index (κ2) is 6.90. The van der Waals surface area contributed by atoms with Gasteiger partial charge in [0.2, 0.25) is 0 Å². The highest BCUT2D eigenvalue weighted by Crippen LogP contribution is 2.35. The van der Waals surface area contributed by atoms with Gasteiger partial charge in [-0.3, -0.25) is 0 Å². The van der Waals surface area contributed by atoms with Crippen LogP contribution in [0.15, 0.2) is 28.4 Å². The van der Waals surface area contributed by atoms with Gasteiger partial charge < -0.3 is 16.4 Å². The number of nitrogens with zero attached hydrogens (tertiary/aromatic N) is 4. The molecule has 23 heavy (non-hydrogen) atoms. The van der Waals surface area contributed by atoms with E-state index in [0.29, 0.717) is 16.8 Å². The van der Waals surface area contributed by atoms with Gasteiger partial charge in [-0.05, 0) is 19.4 Å². The molecule has 0 spiro atoms. The van der Waals surface area contributed by atoms with Crippen LogP contribution in [0, 0.1) is 12.8 Å². The van der Waals surface area contributed by atoms with Crippen molar-refractivity contribution in [2.24, 2.45) is 5.92 Å². The highest BCUT2D eigenvalue weighted by Gasteiger charge is 2.24. The van der Waals surface area contributed by atoms with Gasteiger partial charge in [-0.1, -0.05) is 23.4 Å². The summed E-state index contributed by atoms with van der Waals surface area (Å²) in [6.07, 6.45) is 4.65. The molecule has 3 rings (SSSR count). The van der Waals surface area contributed by atoms with E-state index in [1.54, 1.807) is 6.20 Å². The van der Waals surface area contributed by atoms with Crippen molar-refractivity contribution >= 4 is 35.0 Å². The number of hydrogen-bond donors (Lipinski definition) is 2. The highest BCUT2D eigenvalue weighted by atomic mass is 35.5. The number of aryl methyl sites for hydroxylation is 1. The van der Waals surface area contributed by atoms with Crippen LogP contribution in [-0.2, 0) is 0 Å². The lowest BCUT2D eigenvalue weighted by atomic mass is 10.1. The lowest BCUT2D eigenvalue weighted by Gasteiger charge is -2.17. The fraction of sp³-hybridized carbons (Fsp3) is 0.400. The zero-order chi connectivity index (χ0) is 16.4. The Balaban J connectivity index is 1.79. The van der Waals surface area contributed by atoms with Crippen molar-refractivity contribution < 1.29 is 5.73 Å². The van der Waals surface area contributed by atoms with Gasteiger partial charge in [0.1, 0.15) is 16.7 Å². The van der Waals surface area contributed by atoms with E-state index in [2.05, 4.69) is 20.6 Å². The number of rotatable bonds is 4. The first-order chi connectivity index (χ1) is 11.1. The van der Waals surface area contributed by atoms with Gasteiger partial charge >= 0.3 is 0 Å². The number of quaternary nitrogens is 1. The minimum atomic E-state index is 0.329. The van der Waals surface area contributed by atoms with E-state index < -0.39 is 0 Å². The second-order valence-electron chi connectivity index (χ2n) is 5.62. The van der Waals surface area contributed by atoms with Gasteiger partial charge in [0, 0.05) is 30.1 Å². The molecular weight excluding hydrogens is 332 g/mol. The summed E-state index contributed by atoms with van der Waals surface area (Å²) in [5.74, 6) is 1.92. The molecule has 8 heteroatoms. The van der Waals surface area contributed by atoms with Crippen LogP contribution in [0.4, 0.5) is 11.6 Å². The first-order valence-corrected chi connectivity index (χ1v) is 8.73. The molecular formula is C15H20ClN6S+. The Morgan fingerprint density at radius 2 is 2.30 bits per heavy atom. The Morgan fingerprint density at radius 3 is 3.00 bits per heavy atom. The normalized spacial score (nSPS) is 17.7. The quantitative estimate of drug-likeness (QED) is 0.869. The molecule has 3 heterocycles. The third-order valence-electron chi connectivity index (χ3n) is 3.99. The summed E-state index contributed by atoms with van der Waals surface area (Å²) in [7, 11) is 0. The highest BCUT2D eigenvalue weighted by molar-refractivity contribution is 7.99. The van der Waals surface area contributed by atoms with Crippen LogP contribution in [0.3, 0.4) is 0 Å². The van der Waals surface area contributed by atoms with E-state index in [1.807, 2.05) is 19.2 Å². The number of pyridine rings is 1. The van der Waals surface area contributed by atoms with Crippen LogP contribution in [0.25, 0.3) is 0 Å². The summed E-state index contributed by atoms with van der Waals surface area (Å²) >= 11 is 7.65. The molecule has 1 saturated heterocycles. The summed E-state index contributed by atoms with van der Waals surface area (Å²) in [5.41, 5.74) is 10.6. The predicted molar refractivity (Wildman–Crippen MR) is 92.6 cm³/mol. The fourth-order valence-electron chi connectivity index (χ4n) is 2.61. The molecule has 1 atom stereocenters. The number of nitrogens with two attached hydrogens (primary N) is 1. The minimum absolute atomic E-state index is 0.329. The molecule has 0 aliphatic carbocycles. The second-order valence-corrected chi connectivity index (χ2v) is 7.03. The summed E-state index contributed by atoms with van der Waals surface area (Å²) in [4.78, 5) is 16.4. The van der Waals surface area contributed by atoms with Crippen LogP contribution in [0.1, 0.15) is 12.1 Å². The van der Waals surface area contributed by atoms with Crippen LogP contribution >= 0.6 is 23.4 Å². The monoisotopic (exact) mass is 351 g/mol.